The van der Waals surface area contributed by atoms with E-state index in [1.807, 2.05) is 6.07 Å². The van der Waals surface area contributed by atoms with Crippen molar-refractivity contribution in [2.75, 3.05) is 60.0 Å². The molecule has 2 rings (SSSR count). The number of likely N-dealkylation sites (N-methyl/N-ethyl adjacent to an activating group) is 1. The van der Waals surface area contributed by atoms with Gasteiger partial charge in [0.15, 0.2) is 5.96 Å². The summed E-state index contributed by atoms with van der Waals surface area (Å²) in [5, 5.41) is 6.47. The number of amides is 1. The first-order chi connectivity index (χ1) is 13.0. The number of benzene rings is 1. The van der Waals surface area contributed by atoms with Crippen LogP contribution in [0, 0.1) is 6.92 Å². The molecule has 1 amide bonds. The van der Waals surface area contributed by atoms with Crippen molar-refractivity contribution in [3.8, 4) is 0 Å². The Morgan fingerprint density at radius 1 is 1.29 bits per heavy atom. The third-order valence-corrected chi connectivity index (χ3v) is 4.94. The molecular formula is C19H31BrIN5O2. The summed E-state index contributed by atoms with van der Waals surface area (Å²) in [6.45, 7) is 8.03. The lowest BCUT2D eigenvalue weighted by Crippen LogP contribution is -2.46. The Kier molecular flexibility index (Phi) is 12.0. The van der Waals surface area contributed by atoms with Gasteiger partial charge in [0.2, 0.25) is 5.91 Å². The summed E-state index contributed by atoms with van der Waals surface area (Å²) in [5.74, 6) is 0.665. The molecule has 7 nitrogen and oxygen atoms in total. The smallest absolute Gasteiger partial charge is 0.241 e. The molecule has 158 valence electrons. The van der Waals surface area contributed by atoms with Crippen LogP contribution < -0.4 is 10.6 Å². The van der Waals surface area contributed by atoms with Crippen molar-refractivity contribution in [3.63, 3.8) is 0 Å². The molecule has 0 spiro atoms. The molecule has 1 heterocycles. The molecule has 0 aromatic heterocycles. The van der Waals surface area contributed by atoms with E-state index in [4.69, 9.17) is 4.74 Å². The minimum Gasteiger partial charge on any atom is -0.379 e. The number of halogens is 2. The Balaban J connectivity index is 0.00000392. The number of nitrogens with one attached hydrogen (secondary N) is 2. The molecule has 1 aliphatic heterocycles. The Labute approximate surface area is 193 Å². The molecule has 1 fully saturated rings. The predicted octanol–water partition coefficient (Wildman–Crippen LogP) is 1.83. The highest BCUT2D eigenvalue weighted by molar-refractivity contribution is 14.0. The van der Waals surface area contributed by atoms with Crippen LogP contribution in [0.4, 0.5) is 0 Å². The van der Waals surface area contributed by atoms with Crippen LogP contribution in [0.2, 0.25) is 0 Å². The zero-order valence-electron chi connectivity index (χ0n) is 16.8. The fraction of sp³-hybridized carbons (Fsp3) is 0.579. The number of hydrogen-bond acceptors (Lipinski definition) is 4. The normalized spacial score (nSPS) is 14.9. The number of aryl methyl sites for hydroxylation is 1. The second kappa shape index (κ2) is 13.3. The van der Waals surface area contributed by atoms with Gasteiger partial charge >= 0.3 is 0 Å². The molecule has 0 saturated carbocycles. The molecule has 0 unspecified atom stereocenters. The SMILES string of the molecule is Cc1cc(Br)ccc1CN=C(NCCN1CCOCC1)NCC(=O)N(C)C.I. The quantitative estimate of drug-likeness (QED) is 0.299. The van der Waals surface area contributed by atoms with Crippen LogP contribution >= 0.6 is 39.9 Å². The summed E-state index contributed by atoms with van der Waals surface area (Å²) in [5.41, 5.74) is 2.34. The number of guanidine groups is 1. The number of hydrogen-bond donors (Lipinski definition) is 2. The molecule has 0 atom stereocenters. The van der Waals surface area contributed by atoms with Crippen molar-refractivity contribution in [1.29, 1.82) is 0 Å². The van der Waals surface area contributed by atoms with E-state index in [0.29, 0.717) is 12.5 Å². The van der Waals surface area contributed by atoms with Crippen LogP contribution in [0.5, 0.6) is 0 Å². The summed E-state index contributed by atoms with van der Waals surface area (Å²) in [6.07, 6.45) is 0. The van der Waals surface area contributed by atoms with Crippen molar-refractivity contribution in [1.82, 2.24) is 20.4 Å². The van der Waals surface area contributed by atoms with E-state index in [2.05, 4.69) is 55.5 Å². The molecule has 1 aromatic rings. The highest BCUT2D eigenvalue weighted by atomic mass is 127. The van der Waals surface area contributed by atoms with Gasteiger partial charge in [0.25, 0.3) is 0 Å². The molecule has 0 radical (unpaired) electrons. The summed E-state index contributed by atoms with van der Waals surface area (Å²) >= 11 is 3.49. The van der Waals surface area contributed by atoms with E-state index in [1.165, 1.54) is 5.56 Å². The zero-order chi connectivity index (χ0) is 19.6. The third-order valence-electron chi connectivity index (χ3n) is 4.44. The van der Waals surface area contributed by atoms with Gasteiger partial charge in [0.05, 0.1) is 26.3 Å². The first kappa shape index (κ1) is 25.1. The fourth-order valence-electron chi connectivity index (χ4n) is 2.65. The number of carbonyl (C=O) groups excluding carboxylic acids is 1. The van der Waals surface area contributed by atoms with Crippen LogP contribution in [0.25, 0.3) is 0 Å². The van der Waals surface area contributed by atoms with Crippen LogP contribution in [-0.4, -0.2) is 81.7 Å². The highest BCUT2D eigenvalue weighted by Gasteiger charge is 2.11. The predicted molar refractivity (Wildman–Crippen MR) is 127 cm³/mol. The van der Waals surface area contributed by atoms with Gasteiger partial charge in [-0.3, -0.25) is 9.69 Å². The Hall–Kier alpha value is -0.910. The Morgan fingerprint density at radius 2 is 2.00 bits per heavy atom. The largest absolute Gasteiger partial charge is 0.379 e. The van der Waals surface area contributed by atoms with Gasteiger partial charge in [0, 0.05) is 44.7 Å². The van der Waals surface area contributed by atoms with Gasteiger partial charge in [-0.1, -0.05) is 22.0 Å². The van der Waals surface area contributed by atoms with E-state index in [1.54, 1.807) is 19.0 Å². The maximum Gasteiger partial charge on any atom is 0.241 e. The number of aliphatic imine (C=N–C) groups is 1. The van der Waals surface area contributed by atoms with Gasteiger partial charge < -0.3 is 20.3 Å². The lowest BCUT2D eigenvalue weighted by atomic mass is 10.1. The third kappa shape index (κ3) is 9.06. The van der Waals surface area contributed by atoms with E-state index < -0.39 is 0 Å². The van der Waals surface area contributed by atoms with Crippen molar-refractivity contribution >= 4 is 51.8 Å². The van der Waals surface area contributed by atoms with Crippen LogP contribution in [0.15, 0.2) is 27.7 Å². The van der Waals surface area contributed by atoms with Crippen molar-refractivity contribution in [3.05, 3.63) is 33.8 Å². The number of rotatable bonds is 7. The first-order valence-corrected chi connectivity index (χ1v) is 10.0. The second-order valence-electron chi connectivity index (χ2n) is 6.76. The van der Waals surface area contributed by atoms with Gasteiger partial charge in [-0.25, -0.2) is 4.99 Å². The number of carbonyl (C=O) groups is 1. The maximum absolute atomic E-state index is 11.9. The second-order valence-corrected chi connectivity index (χ2v) is 7.67. The van der Waals surface area contributed by atoms with Crippen molar-refractivity contribution in [2.45, 2.75) is 13.5 Å². The van der Waals surface area contributed by atoms with Crippen LogP contribution in [0.1, 0.15) is 11.1 Å². The van der Waals surface area contributed by atoms with Crippen molar-refractivity contribution in [2.24, 2.45) is 4.99 Å². The fourth-order valence-corrected chi connectivity index (χ4v) is 3.13. The molecule has 28 heavy (non-hydrogen) atoms. The Bertz CT molecular complexity index is 651. The van der Waals surface area contributed by atoms with Crippen LogP contribution in [0.3, 0.4) is 0 Å². The van der Waals surface area contributed by atoms with E-state index in [9.17, 15) is 4.79 Å². The van der Waals surface area contributed by atoms with Crippen LogP contribution in [-0.2, 0) is 16.1 Å². The molecule has 1 saturated heterocycles. The summed E-state index contributed by atoms with van der Waals surface area (Å²) < 4.78 is 6.44. The summed E-state index contributed by atoms with van der Waals surface area (Å²) in [6, 6.07) is 6.17. The van der Waals surface area contributed by atoms with Gasteiger partial charge in [0.1, 0.15) is 0 Å². The summed E-state index contributed by atoms with van der Waals surface area (Å²) in [4.78, 5) is 20.5. The molecule has 2 N–H and O–H groups in total. The molecule has 1 aliphatic rings. The molecular weight excluding hydrogens is 537 g/mol. The average Bonchev–Trinajstić information content (AvgIpc) is 2.65. The molecule has 0 aliphatic carbocycles. The van der Waals surface area contributed by atoms with Gasteiger partial charge in [-0.05, 0) is 30.2 Å². The standard InChI is InChI=1S/C19H30BrN5O2.HI/c1-15-12-17(20)5-4-16(15)13-22-19(23-14-18(26)24(2)3)21-6-7-25-8-10-27-11-9-25;/h4-5,12H,6-11,13-14H2,1-3H3,(H2,21,22,23);1H. The Morgan fingerprint density at radius 3 is 2.64 bits per heavy atom. The monoisotopic (exact) mass is 567 g/mol. The number of ether oxygens (including phenoxy) is 1. The molecule has 1 aromatic carbocycles. The van der Waals surface area contributed by atoms with Gasteiger partial charge in [-0.2, -0.15) is 0 Å². The highest BCUT2D eigenvalue weighted by Crippen LogP contribution is 2.16. The topological polar surface area (TPSA) is 69.2 Å². The van der Waals surface area contributed by atoms with E-state index in [-0.39, 0.29) is 36.4 Å². The van der Waals surface area contributed by atoms with Gasteiger partial charge in [-0.15, -0.1) is 24.0 Å². The zero-order valence-corrected chi connectivity index (χ0v) is 20.7. The maximum atomic E-state index is 11.9. The van der Waals surface area contributed by atoms with E-state index >= 15 is 0 Å². The lowest BCUT2D eigenvalue weighted by molar-refractivity contribution is -0.127. The average molecular weight is 568 g/mol. The first-order valence-electron chi connectivity index (χ1n) is 9.23. The molecule has 9 heteroatoms. The lowest BCUT2D eigenvalue weighted by Gasteiger charge is -2.26. The minimum atomic E-state index is 0. The summed E-state index contributed by atoms with van der Waals surface area (Å²) in [7, 11) is 3.50. The van der Waals surface area contributed by atoms with Crippen molar-refractivity contribution < 1.29 is 9.53 Å². The minimum absolute atomic E-state index is 0. The van der Waals surface area contributed by atoms with E-state index in [0.717, 1.165) is 49.4 Å². The number of morpholine rings is 1. The number of nitrogens with zero attached hydrogens (tertiary/aromatic N) is 3. The molecule has 0 bridgehead atoms.